The Balaban J connectivity index is 2.45. The fourth-order valence-electron chi connectivity index (χ4n) is 0.704. The van der Waals surface area contributed by atoms with E-state index in [1.165, 1.54) is 13.2 Å². The summed E-state index contributed by atoms with van der Waals surface area (Å²) >= 11 is 0. The number of oxazole rings is 1. The molecule has 1 rings (SSSR count). The molecule has 1 aromatic rings. The Morgan fingerprint density at radius 2 is 2.55 bits per heavy atom. The summed E-state index contributed by atoms with van der Waals surface area (Å²) < 4.78 is 4.93. The molecule has 0 spiro atoms. The van der Waals surface area contributed by atoms with Crippen LogP contribution in [-0.2, 0) is 11.3 Å². The number of carbonyl (C=O) groups is 1. The summed E-state index contributed by atoms with van der Waals surface area (Å²) in [5.41, 5.74) is 0.748. The molecule has 0 aliphatic heterocycles. The summed E-state index contributed by atoms with van der Waals surface area (Å²) in [6, 6.07) is 0. The van der Waals surface area contributed by atoms with Crippen molar-refractivity contribution in [2.45, 2.75) is 20.4 Å². The second kappa shape index (κ2) is 3.18. The van der Waals surface area contributed by atoms with Gasteiger partial charge in [0, 0.05) is 13.8 Å². The van der Waals surface area contributed by atoms with Crippen LogP contribution < -0.4 is 5.32 Å². The summed E-state index contributed by atoms with van der Waals surface area (Å²) in [5, 5.41) is 2.61. The molecule has 1 aromatic heterocycles. The van der Waals surface area contributed by atoms with Crippen LogP contribution in [0.15, 0.2) is 10.7 Å². The topological polar surface area (TPSA) is 55.1 Å². The van der Waals surface area contributed by atoms with Crippen molar-refractivity contribution in [1.29, 1.82) is 0 Å². The molecule has 0 aliphatic carbocycles. The normalized spacial score (nSPS) is 9.64. The predicted octanol–water partition coefficient (Wildman–Crippen LogP) is 0.619. The highest BCUT2D eigenvalue weighted by Crippen LogP contribution is 1.98. The first-order valence-corrected chi connectivity index (χ1v) is 3.34. The molecule has 1 amide bonds. The summed E-state index contributed by atoms with van der Waals surface area (Å²) in [4.78, 5) is 14.5. The third-order valence-electron chi connectivity index (χ3n) is 1.19. The summed E-state index contributed by atoms with van der Waals surface area (Å²) in [7, 11) is 0. The van der Waals surface area contributed by atoms with Crippen LogP contribution in [0, 0.1) is 6.92 Å². The van der Waals surface area contributed by atoms with E-state index in [2.05, 4.69) is 10.3 Å². The standard InChI is InChI=1S/C7H10N2O2/c1-5(10)8-3-7-4-11-6(2)9-7/h4H,3H2,1-2H3,(H,8,10). The van der Waals surface area contributed by atoms with Crippen LogP contribution in [0.3, 0.4) is 0 Å². The third-order valence-corrected chi connectivity index (χ3v) is 1.19. The lowest BCUT2D eigenvalue weighted by Gasteiger charge is -1.94. The van der Waals surface area contributed by atoms with Crippen LogP contribution in [0.25, 0.3) is 0 Å². The molecule has 0 aromatic carbocycles. The number of hydrogen-bond acceptors (Lipinski definition) is 3. The lowest BCUT2D eigenvalue weighted by atomic mass is 10.5. The number of aryl methyl sites for hydroxylation is 1. The summed E-state index contributed by atoms with van der Waals surface area (Å²) in [6.45, 7) is 3.66. The maximum atomic E-state index is 10.5. The van der Waals surface area contributed by atoms with Crippen molar-refractivity contribution >= 4 is 5.91 Å². The molecule has 0 bridgehead atoms. The zero-order chi connectivity index (χ0) is 8.27. The molecule has 0 atom stereocenters. The molecule has 1 N–H and O–H groups in total. The number of nitrogens with zero attached hydrogens (tertiary/aromatic N) is 1. The SMILES string of the molecule is CC(=O)NCc1coc(C)n1. The number of carbonyl (C=O) groups excluding carboxylic acids is 1. The molecule has 0 fully saturated rings. The number of nitrogens with one attached hydrogen (secondary N) is 1. The second-order valence-electron chi connectivity index (χ2n) is 2.27. The van der Waals surface area contributed by atoms with Crippen molar-refractivity contribution in [2.75, 3.05) is 0 Å². The molecule has 0 unspecified atom stereocenters. The fraction of sp³-hybridized carbons (Fsp3) is 0.429. The first-order valence-electron chi connectivity index (χ1n) is 3.34. The molecule has 4 nitrogen and oxygen atoms in total. The molecule has 1 heterocycles. The van der Waals surface area contributed by atoms with Gasteiger partial charge in [0.15, 0.2) is 5.89 Å². The Kier molecular flexibility index (Phi) is 2.25. The smallest absolute Gasteiger partial charge is 0.217 e. The Bertz CT molecular complexity index is 255. The van der Waals surface area contributed by atoms with Gasteiger partial charge in [-0.15, -0.1) is 0 Å². The van der Waals surface area contributed by atoms with Crippen LogP contribution in [0.4, 0.5) is 0 Å². The molecular formula is C7H10N2O2. The van der Waals surface area contributed by atoms with Gasteiger partial charge in [0.05, 0.1) is 12.2 Å². The molecule has 0 radical (unpaired) electrons. The Hall–Kier alpha value is -1.32. The monoisotopic (exact) mass is 154 g/mol. The number of aromatic nitrogens is 1. The van der Waals surface area contributed by atoms with Crippen molar-refractivity contribution in [3.63, 3.8) is 0 Å². The van der Waals surface area contributed by atoms with Gasteiger partial charge in [-0.3, -0.25) is 4.79 Å². The van der Waals surface area contributed by atoms with E-state index in [1.54, 1.807) is 6.92 Å². The minimum Gasteiger partial charge on any atom is -0.449 e. The van der Waals surface area contributed by atoms with E-state index in [0.717, 1.165) is 5.69 Å². The van der Waals surface area contributed by atoms with Crippen molar-refractivity contribution in [2.24, 2.45) is 0 Å². The van der Waals surface area contributed by atoms with Gasteiger partial charge in [0.25, 0.3) is 0 Å². The van der Waals surface area contributed by atoms with Crippen LogP contribution in [0.2, 0.25) is 0 Å². The lowest BCUT2D eigenvalue weighted by Crippen LogP contribution is -2.18. The maximum Gasteiger partial charge on any atom is 0.217 e. The lowest BCUT2D eigenvalue weighted by molar-refractivity contribution is -0.119. The molecular weight excluding hydrogens is 144 g/mol. The quantitative estimate of drug-likeness (QED) is 0.679. The van der Waals surface area contributed by atoms with Crippen LogP contribution in [-0.4, -0.2) is 10.9 Å². The molecule has 0 aliphatic rings. The Morgan fingerprint density at radius 1 is 1.82 bits per heavy atom. The summed E-state index contributed by atoms with van der Waals surface area (Å²) in [5.74, 6) is 0.552. The summed E-state index contributed by atoms with van der Waals surface area (Å²) in [6.07, 6.45) is 1.53. The van der Waals surface area contributed by atoms with E-state index in [9.17, 15) is 4.79 Å². The Labute approximate surface area is 64.6 Å². The molecule has 0 saturated carbocycles. The van der Waals surface area contributed by atoms with Gasteiger partial charge in [0.1, 0.15) is 6.26 Å². The van der Waals surface area contributed by atoms with Gasteiger partial charge in [-0.2, -0.15) is 0 Å². The van der Waals surface area contributed by atoms with E-state index in [-0.39, 0.29) is 5.91 Å². The van der Waals surface area contributed by atoms with Gasteiger partial charge in [-0.25, -0.2) is 4.98 Å². The maximum absolute atomic E-state index is 10.5. The number of hydrogen-bond donors (Lipinski definition) is 1. The first kappa shape index (κ1) is 7.78. The highest BCUT2D eigenvalue weighted by Gasteiger charge is 1.98. The van der Waals surface area contributed by atoms with Crippen LogP contribution in [0.5, 0.6) is 0 Å². The van der Waals surface area contributed by atoms with Gasteiger partial charge >= 0.3 is 0 Å². The highest BCUT2D eigenvalue weighted by atomic mass is 16.3. The zero-order valence-corrected chi connectivity index (χ0v) is 6.55. The predicted molar refractivity (Wildman–Crippen MR) is 38.8 cm³/mol. The number of rotatable bonds is 2. The van der Waals surface area contributed by atoms with Gasteiger partial charge in [0.2, 0.25) is 5.91 Å². The minimum absolute atomic E-state index is 0.0642. The van der Waals surface area contributed by atoms with Crippen molar-refractivity contribution < 1.29 is 9.21 Å². The minimum atomic E-state index is -0.0642. The van der Waals surface area contributed by atoms with E-state index in [1.807, 2.05) is 0 Å². The highest BCUT2D eigenvalue weighted by molar-refractivity contribution is 5.72. The van der Waals surface area contributed by atoms with E-state index >= 15 is 0 Å². The average molecular weight is 154 g/mol. The van der Waals surface area contributed by atoms with Crippen LogP contribution in [0.1, 0.15) is 18.5 Å². The number of amides is 1. The molecule has 4 heteroatoms. The van der Waals surface area contributed by atoms with Gasteiger partial charge < -0.3 is 9.73 Å². The fourth-order valence-corrected chi connectivity index (χ4v) is 0.704. The van der Waals surface area contributed by atoms with Crippen molar-refractivity contribution in [3.8, 4) is 0 Å². The Morgan fingerprint density at radius 3 is 3.00 bits per heavy atom. The van der Waals surface area contributed by atoms with E-state index in [0.29, 0.717) is 12.4 Å². The average Bonchev–Trinajstić information content (AvgIpc) is 2.31. The first-order chi connectivity index (χ1) is 5.18. The molecule has 60 valence electrons. The second-order valence-corrected chi connectivity index (χ2v) is 2.27. The van der Waals surface area contributed by atoms with Gasteiger partial charge in [-0.1, -0.05) is 0 Å². The van der Waals surface area contributed by atoms with Crippen LogP contribution >= 0.6 is 0 Å². The van der Waals surface area contributed by atoms with Crippen molar-refractivity contribution in [1.82, 2.24) is 10.3 Å². The van der Waals surface area contributed by atoms with Gasteiger partial charge in [-0.05, 0) is 0 Å². The largest absolute Gasteiger partial charge is 0.449 e. The van der Waals surface area contributed by atoms with Crippen molar-refractivity contribution in [3.05, 3.63) is 17.8 Å². The zero-order valence-electron chi connectivity index (χ0n) is 6.55. The third kappa shape index (κ3) is 2.41. The van der Waals surface area contributed by atoms with E-state index < -0.39 is 0 Å². The molecule has 0 saturated heterocycles. The van der Waals surface area contributed by atoms with E-state index in [4.69, 9.17) is 4.42 Å². The molecule has 11 heavy (non-hydrogen) atoms.